The van der Waals surface area contributed by atoms with E-state index < -0.39 is 10.8 Å². The zero-order valence-electron chi connectivity index (χ0n) is 27.7. The molecule has 226 valence electrons. The number of carbonyl (C=O) groups is 2. The van der Waals surface area contributed by atoms with Crippen molar-refractivity contribution in [2.75, 3.05) is 6.61 Å². The summed E-state index contributed by atoms with van der Waals surface area (Å²) in [5.41, 5.74) is 0.184. The lowest BCUT2D eigenvalue weighted by molar-refractivity contribution is -0.131. The quantitative estimate of drug-likeness (QED) is 0.231. The Labute approximate surface area is 246 Å². The number of rotatable bonds is 13. The Balaban J connectivity index is 2.50. The topological polar surface area (TPSA) is 78.2 Å². The Morgan fingerprint density at radius 2 is 1.65 bits per heavy atom. The van der Waals surface area contributed by atoms with Crippen LogP contribution in [0.2, 0.25) is 0 Å². The Morgan fingerprint density at radius 1 is 1.05 bits per heavy atom. The van der Waals surface area contributed by atoms with Crippen LogP contribution in [-0.2, 0) is 9.59 Å². The molecule has 2 aliphatic carbocycles. The van der Waals surface area contributed by atoms with Gasteiger partial charge in [-0.1, -0.05) is 87.3 Å². The van der Waals surface area contributed by atoms with E-state index >= 15 is 0 Å². The number of ketones is 2. The van der Waals surface area contributed by atoms with Crippen LogP contribution < -0.4 is 0 Å². The first-order valence-corrected chi connectivity index (χ1v) is 15.8. The summed E-state index contributed by atoms with van der Waals surface area (Å²) in [6.45, 7) is 24.4. The van der Waals surface area contributed by atoms with Gasteiger partial charge in [-0.15, -0.1) is 0 Å². The van der Waals surface area contributed by atoms with E-state index in [0.717, 1.165) is 50.5 Å². The molecule has 1 fully saturated rings. The maximum Gasteiger partial charge on any atom is 0.178 e. The molecule has 0 saturated heterocycles. The third-order valence-corrected chi connectivity index (χ3v) is 11.6. The van der Waals surface area contributed by atoms with Crippen LogP contribution in [0.25, 0.3) is 0 Å². The van der Waals surface area contributed by atoms with E-state index in [1.807, 2.05) is 26.0 Å². The fourth-order valence-electron chi connectivity index (χ4n) is 8.33. The summed E-state index contributed by atoms with van der Waals surface area (Å²) in [5, 5.41) is 19.6. The summed E-state index contributed by atoms with van der Waals surface area (Å²) in [6, 6.07) is 2.19. The molecule has 0 spiro atoms. The molecule has 4 nitrogen and oxygen atoms in total. The molecule has 0 unspecified atom stereocenters. The van der Waals surface area contributed by atoms with Gasteiger partial charge in [-0.3, -0.25) is 9.59 Å². The van der Waals surface area contributed by atoms with Crippen molar-refractivity contribution in [2.45, 2.75) is 140 Å². The van der Waals surface area contributed by atoms with Gasteiger partial charge in [0.05, 0.1) is 5.57 Å². The van der Waals surface area contributed by atoms with Crippen LogP contribution in [0, 0.1) is 49.7 Å². The van der Waals surface area contributed by atoms with Gasteiger partial charge in [-0.2, -0.15) is 5.26 Å². The summed E-state index contributed by atoms with van der Waals surface area (Å²) >= 11 is 0. The van der Waals surface area contributed by atoms with Gasteiger partial charge in [0.25, 0.3) is 0 Å². The van der Waals surface area contributed by atoms with Crippen LogP contribution in [0.3, 0.4) is 0 Å². The highest BCUT2D eigenvalue weighted by Gasteiger charge is 2.61. The van der Waals surface area contributed by atoms with E-state index in [-0.39, 0.29) is 45.9 Å². The number of nitriles is 1. The number of aliphatic hydroxyl groups excluding tert-OH is 1. The predicted molar refractivity (Wildman–Crippen MR) is 166 cm³/mol. The van der Waals surface area contributed by atoms with Gasteiger partial charge >= 0.3 is 0 Å². The first-order chi connectivity index (χ1) is 18.2. The van der Waals surface area contributed by atoms with E-state index in [9.17, 15) is 20.0 Å². The van der Waals surface area contributed by atoms with E-state index in [2.05, 4.69) is 61.5 Å². The van der Waals surface area contributed by atoms with Gasteiger partial charge in [0, 0.05) is 17.4 Å². The number of fused-ring (bicyclic) bond motifs is 1. The molecule has 0 bridgehead atoms. The van der Waals surface area contributed by atoms with Crippen LogP contribution in [-0.4, -0.2) is 23.3 Å². The number of nitrogens with zero attached hydrogens (tertiary/aromatic N) is 1. The molecule has 1 N–H and O–H groups in total. The molecule has 40 heavy (non-hydrogen) atoms. The third-order valence-electron chi connectivity index (χ3n) is 11.6. The summed E-state index contributed by atoms with van der Waals surface area (Å²) < 4.78 is 0. The number of allylic oxidation sites excluding steroid dienone is 4. The molecule has 0 aromatic heterocycles. The minimum absolute atomic E-state index is 0.0199. The van der Waals surface area contributed by atoms with Crippen LogP contribution in [0.15, 0.2) is 23.3 Å². The summed E-state index contributed by atoms with van der Waals surface area (Å²) in [4.78, 5) is 26.0. The summed E-state index contributed by atoms with van der Waals surface area (Å²) in [6.07, 6.45) is 14.2. The van der Waals surface area contributed by atoms with Gasteiger partial charge in [0.15, 0.2) is 11.6 Å². The fraction of sp³-hybridized carbons (Fsp3) is 0.806. The molecule has 0 heterocycles. The molecule has 1 saturated carbocycles. The second-order valence-corrected chi connectivity index (χ2v) is 16.0. The maximum absolute atomic E-state index is 13.2. The van der Waals surface area contributed by atoms with Crippen molar-refractivity contribution in [1.82, 2.24) is 0 Å². The van der Waals surface area contributed by atoms with Crippen molar-refractivity contribution in [1.29, 1.82) is 5.26 Å². The first-order valence-electron chi connectivity index (χ1n) is 15.8. The van der Waals surface area contributed by atoms with Gasteiger partial charge in [-0.25, -0.2) is 0 Å². The van der Waals surface area contributed by atoms with Crippen molar-refractivity contribution < 1.29 is 14.7 Å². The minimum atomic E-state index is -0.663. The second-order valence-electron chi connectivity index (χ2n) is 16.0. The molecule has 0 amide bonds. The lowest BCUT2D eigenvalue weighted by Gasteiger charge is -2.61. The van der Waals surface area contributed by atoms with Crippen LogP contribution in [0.5, 0.6) is 0 Å². The average molecular weight is 554 g/mol. The van der Waals surface area contributed by atoms with Crippen LogP contribution in [0.1, 0.15) is 140 Å². The highest BCUT2D eigenvalue weighted by Crippen LogP contribution is 2.67. The molecule has 0 aromatic rings. The summed E-state index contributed by atoms with van der Waals surface area (Å²) in [5.74, 6) is -0.0192. The number of hydrogen-bond acceptors (Lipinski definition) is 4. The molecule has 2 rings (SSSR count). The Hall–Kier alpha value is -1.73. The van der Waals surface area contributed by atoms with Crippen molar-refractivity contribution in [2.24, 2.45) is 38.4 Å². The summed E-state index contributed by atoms with van der Waals surface area (Å²) in [7, 11) is 0. The van der Waals surface area contributed by atoms with E-state index in [1.165, 1.54) is 19.3 Å². The normalized spacial score (nSPS) is 29.4. The van der Waals surface area contributed by atoms with Gasteiger partial charge in [0.2, 0.25) is 0 Å². The maximum atomic E-state index is 13.2. The Bertz CT molecular complexity index is 1050. The van der Waals surface area contributed by atoms with E-state index in [1.54, 1.807) is 6.92 Å². The number of carbonyl (C=O) groups excluding carboxylic acids is 2. The molecular weight excluding hydrogens is 494 g/mol. The molecule has 4 heteroatoms. The standard InChI is InChI=1S/C36H59NO3/c1-12-15-31(3,4)18-20-34(9,16-13-22-38)21-19-32(5,6)36(11)17-14-28-33(7,8)30(40)27(25-37)24-35(28,10)29(36)23-26(2)39/h23-24,28,38H,12-22H2,1-11H3/b29-23-/t28-,34-,35-,36+/m0/s1. The largest absolute Gasteiger partial charge is 0.396 e. The van der Waals surface area contributed by atoms with E-state index in [0.29, 0.717) is 5.41 Å². The smallest absolute Gasteiger partial charge is 0.178 e. The second kappa shape index (κ2) is 12.2. The van der Waals surface area contributed by atoms with Crippen molar-refractivity contribution in [3.05, 3.63) is 23.3 Å². The molecular formula is C36H59NO3. The van der Waals surface area contributed by atoms with Crippen LogP contribution in [0.4, 0.5) is 0 Å². The predicted octanol–water partition coefficient (Wildman–Crippen LogP) is 9.17. The highest BCUT2D eigenvalue weighted by molar-refractivity contribution is 6.04. The SMILES string of the molecule is CCCC(C)(C)CC[C@](C)(CCCO)CCC(C)(C)[C@]1(C)CC[C@H]2C(C)(C)C(=O)C(C#N)=C[C@]2(C)/C1=C/C(C)=O. The van der Waals surface area contributed by atoms with E-state index in [4.69, 9.17) is 0 Å². The Morgan fingerprint density at radius 3 is 2.17 bits per heavy atom. The monoisotopic (exact) mass is 553 g/mol. The molecule has 0 aromatic carbocycles. The molecule has 4 atom stereocenters. The molecule has 2 aliphatic rings. The fourth-order valence-corrected chi connectivity index (χ4v) is 8.33. The van der Waals surface area contributed by atoms with Crippen molar-refractivity contribution >= 4 is 11.6 Å². The van der Waals surface area contributed by atoms with Crippen molar-refractivity contribution in [3.8, 4) is 6.07 Å². The van der Waals surface area contributed by atoms with Gasteiger partial charge in [0.1, 0.15) is 6.07 Å². The average Bonchev–Trinajstić information content (AvgIpc) is 2.85. The molecule has 0 radical (unpaired) electrons. The lowest BCUT2D eigenvalue weighted by atomic mass is 9.42. The zero-order chi connectivity index (χ0) is 30.8. The Kier molecular flexibility index (Phi) is 10.6. The highest BCUT2D eigenvalue weighted by atomic mass is 16.3. The number of aliphatic hydroxyl groups is 1. The minimum Gasteiger partial charge on any atom is -0.396 e. The number of hydrogen-bond donors (Lipinski definition) is 1. The van der Waals surface area contributed by atoms with Gasteiger partial charge < -0.3 is 5.11 Å². The van der Waals surface area contributed by atoms with Crippen LogP contribution >= 0.6 is 0 Å². The van der Waals surface area contributed by atoms with Gasteiger partial charge in [-0.05, 0) is 98.4 Å². The zero-order valence-corrected chi connectivity index (χ0v) is 27.7. The van der Waals surface area contributed by atoms with Crippen molar-refractivity contribution in [3.63, 3.8) is 0 Å². The first kappa shape index (κ1) is 34.5. The third kappa shape index (κ3) is 6.83. The number of Topliss-reactive ketones (excluding diaryl/α,β-unsaturated/α-hetero) is 1. The lowest BCUT2D eigenvalue weighted by Crippen LogP contribution is -2.55. The molecule has 0 aliphatic heterocycles.